The zero-order chi connectivity index (χ0) is 15.4. The molecule has 21 heavy (non-hydrogen) atoms. The first-order valence-electron chi connectivity index (χ1n) is 6.51. The van der Waals surface area contributed by atoms with Crippen LogP contribution in [0.2, 0.25) is 0 Å². The maximum Gasteiger partial charge on any atom is 0.306 e. The second kappa shape index (κ2) is 6.75. The van der Waals surface area contributed by atoms with E-state index in [1.54, 1.807) is 11.0 Å². The van der Waals surface area contributed by atoms with Crippen LogP contribution in [-0.4, -0.2) is 47.4 Å². The van der Waals surface area contributed by atoms with E-state index < -0.39 is 11.9 Å². The van der Waals surface area contributed by atoms with Crippen LogP contribution in [-0.2, 0) is 9.59 Å². The molecule has 2 amide bonds. The number of aliphatic carboxylic acids is 1. The van der Waals surface area contributed by atoms with Crippen LogP contribution in [0, 0.1) is 5.92 Å². The van der Waals surface area contributed by atoms with Crippen molar-refractivity contribution in [1.29, 1.82) is 0 Å². The largest absolute Gasteiger partial charge is 0.481 e. The third-order valence-corrected chi connectivity index (χ3v) is 3.82. The maximum absolute atomic E-state index is 11.9. The minimum absolute atomic E-state index is 0.124. The van der Waals surface area contributed by atoms with Crippen molar-refractivity contribution < 1.29 is 23.9 Å². The quantitative estimate of drug-likeness (QED) is 0.839. The standard InChI is InChI=1S/C13H15BrN2O5/c14-10-2-1-9(21-10)12(18)15-7-11(17)16-5-3-8(4-6-16)13(19)20/h1-2,8H,3-7H2,(H,15,18)(H,19,20). The molecule has 0 aliphatic carbocycles. The summed E-state index contributed by atoms with van der Waals surface area (Å²) < 4.78 is 5.52. The summed E-state index contributed by atoms with van der Waals surface area (Å²) in [6.07, 6.45) is 0.889. The molecule has 0 spiro atoms. The number of carbonyl (C=O) groups excluding carboxylic acids is 2. The topological polar surface area (TPSA) is 99.9 Å². The average molecular weight is 359 g/mol. The van der Waals surface area contributed by atoms with Crippen LogP contribution in [0.25, 0.3) is 0 Å². The summed E-state index contributed by atoms with van der Waals surface area (Å²) in [5.74, 6) is -1.77. The molecule has 2 N–H and O–H groups in total. The van der Waals surface area contributed by atoms with Crippen LogP contribution in [0.1, 0.15) is 23.4 Å². The molecule has 1 aromatic rings. The van der Waals surface area contributed by atoms with E-state index in [9.17, 15) is 14.4 Å². The van der Waals surface area contributed by atoms with Crippen LogP contribution in [0.4, 0.5) is 0 Å². The monoisotopic (exact) mass is 358 g/mol. The fourth-order valence-corrected chi connectivity index (χ4v) is 2.47. The molecule has 2 rings (SSSR count). The van der Waals surface area contributed by atoms with E-state index in [-0.39, 0.29) is 24.1 Å². The predicted molar refractivity (Wildman–Crippen MR) is 75.7 cm³/mol. The van der Waals surface area contributed by atoms with Crippen LogP contribution in [0.15, 0.2) is 21.2 Å². The summed E-state index contributed by atoms with van der Waals surface area (Å²) in [7, 11) is 0. The number of nitrogens with one attached hydrogen (secondary N) is 1. The van der Waals surface area contributed by atoms with Gasteiger partial charge >= 0.3 is 5.97 Å². The van der Waals surface area contributed by atoms with Gasteiger partial charge in [-0.15, -0.1) is 0 Å². The highest BCUT2D eigenvalue weighted by Crippen LogP contribution is 2.17. The Balaban J connectivity index is 1.78. The summed E-state index contributed by atoms with van der Waals surface area (Å²) >= 11 is 3.09. The summed E-state index contributed by atoms with van der Waals surface area (Å²) in [6, 6.07) is 3.09. The highest BCUT2D eigenvalue weighted by Gasteiger charge is 2.27. The van der Waals surface area contributed by atoms with E-state index in [4.69, 9.17) is 9.52 Å². The van der Waals surface area contributed by atoms with Gasteiger partial charge in [0.25, 0.3) is 5.91 Å². The normalized spacial score (nSPS) is 15.8. The molecule has 1 fully saturated rings. The number of halogens is 1. The zero-order valence-electron chi connectivity index (χ0n) is 11.2. The first-order valence-corrected chi connectivity index (χ1v) is 7.31. The van der Waals surface area contributed by atoms with Gasteiger partial charge in [-0.2, -0.15) is 0 Å². The molecule has 114 valence electrons. The Kier molecular flexibility index (Phi) is 5.00. The highest BCUT2D eigenvalue weighted by atomic mass is 79.9. The third-order valence-electron chi connectivity index (χ3n) is 3.39. The number of amides is 2. The van der Waals surface area contributed by atoms with Crippen molar-refractivity contribution in [3.05, 3.63) is 22.6 Å². The van der Waals surface area contributed by atoms with E-state index in [1.165, 1.54) is 6.07 Å². The fraction of sp³-hybridized carbons (Fsp3) is 0.462. The van der Waals surface area contributed by atoms with Gasteiger partial charge in [0.05, 0.1) is 12.5 Å². The maximum atomic E-state index is 11.9. The van der Waals surface area contributed by atoms with Gasteiger partial charge in [-0.05, 0) is 40.9 Å². The lowest BCUT2D eigenvalue weighted by Crippen LogP contribution is -2.45. The van der Waals surface area contributed by atoms with Gasteiger partial charge in [0.2, 0.25) is 5.91 Å². The van der Waals surface area contributed by atoms with Gasteiger partial charge in [0.1, 0.15) is 0 Å². The second-order valence-electron chi connectivity index (χ2n) is 4.78. The van der Waals surface area contributed by atoms with Crippen LogP contribution < -0.4 is 5.32 Å². The molecule has 8 heteroatoms. The van der Waals surface area contributed by atoms with Crippen molar-refractivity contribution in [2.24, 2.45) is 5.92 Å². The molecule has 7 nitrogen and oxygen atoms in total. The van der Waals surface area contributed by atoms with Gasteiger partial charge < -0.3 is 19.7 Å². The Hall–Kier alpha value is -1.83. The third kappa shape index (κ3) is 4.07. The smallest absolute Gasteiger partial charge is 0.306 e. The summed E-state index contributed by atoms with van der Waals surface area (Å²) in [6.45, 7) is 0.671. The molecule has 1 saturated heterocycles. The Bertz CT molecular complexity index is 549. The van der Waals surface area contributed by atoms with E-state index in [0.717, 1.165) is 0 Å². The van der Waals surface area contributed by atoms with Crippen molar-refractivity contribution in [1.82, 2.24) is 10.2 Å². The predicted octanol–water partition coefficient (Wildman–Crippen LogP) is 1.10. The number of rotatable bonds is 4. The Morgan fingerprint density at radius 2 is 2.00 bits per heavy atom. The van der Waals surface area contributed by atoms with Gasteiger partial charge in [-0.25, -0.2) is 0 Å². The summed E-state index contributed by atoms with van der Waals surface area (Å²) in [5.41, 5.74) is 0. The number of furan rings is 1. The first-order chi connectivity index (χ1) is 9.97. The van der Waals surface area contributed by atoms with Crippen molar-refractivity contribution in [3.63, 3.8) is 0 Å². The van der Waals surface area contributed by atoms with Crippen LogP contribution >= 0.6 is 15.9 Å². The van der Waals surface area contributed by atoms with Gasteiger partial charge in [0.15, 0.2) is 10.4 Å². The highest BCUT2D eigenvalue weighted by molar-refractivity contribution is 9.10. The lowest BCUT2D eigenvalue weighted by atomic mass is 9.97. The molecule has 1 aromatic heterocycles. The van der Waals surface area contributed by atoms with E-state index in [1.807, 2.05) is 0 Å². The summed E-state index contributed by atoms with van der Waals surface area (Å²) in [4.78, 5) is 36.0. The number of carboxylic acid groups (broad SMARTS) is 1. The summed E-state index contributed by atoms with van der Waals surface area (Å²) in [5, 5.41) is 11.4. The Labute approximate surface area is 129 Å². The first kappa shape index (κ1) is 15.6. The molecule has 0 atom stereocenters. The van der Waals surface area contributed by atoms with E-state index in [2.05, 4.69) is 21.2 Å². The van der Waals surface area contributed by atoms with Crippen molar-refractivity contribution >= 4 is 33.7 Å². The number of piperidine rings is 1. The lowest BCUT2D eigenvalue weighted by molar-refractivity contribution is -0.145. The molecule has 1 aliphatic rings. The molecule has 0 aromatic carbocycles. The molecule has 2 heterocycles. The van der Waals surface area contributed by atoms with Gasteiger partial charge in [-0.1, -0.05) is 0 Å². The minimum atomic E-state index is -0.821. The van der Waals surface area contributed by atoms with Crippen molar-refractivity contribution in [3.8, 4) is 0 Å². The number of nitrogens with zero attached hydrogens (tertiary/aromatic N) is 1. The van der Waals surface area contributed by atoms with Crippen molar-refractivity contribution in [2.75, 3.05) is 19.6 Å². The van der Waals surface area contributed by atoms with Crippen LogP contribution in [0.5, 0.6) is 0 Å². The number of hydrogen-bond acceptors (Lipinski definition) is 4. The molecular weight excluding hydrogens is 344 g/mol. The number of likely N-dealkylation sites (tertiary alicyclic amines) is 1. The fourth-order valence-electron chi connectivity index (χ4n) is 2.17. The molecule has 0 saturated carbocycles. The number of carbonyl (C=O) groups is 3. The molecule has 0 unspecified atom stereocenters. The SMILES string of the molecule is O=C(NCC(=O)N1CCC(C(=O)O)CC1)c1ccc(Br)o1. The zero-order valence-corrected chi connectivity index (χ0v) is 12.8. The molecule has 0 radical (unpaired) electrons. The van der Waals surface area contributed by atoms with Crippen molar-refractivity contribution in [2.45, 2.75) is 12.8 Å². The molecule has 1 aliphatic heterocycles. The average Bonchev–Trinajstić information content (AvgIpc) is 2.91. The van der Waals surface area contributed by atoms with Crippen LogP contribution in [0.3, 0.4) is 0 Å². The Morgan fingerprint density at radius 3 is 2.52 bits per heavy atom. The molecule has 0 bridgehead atoms. The Morgan fingerprint density at radius 1 is 1.33 bits per heavy atom. The van der Waals surface area contributed by atoms with E-state index >= 15 is 0 Å². The second-order valence-corrected chi connectivity index (χ2v) is 5.56. The van der Waals surface area contributed by atoms with Gasteiger partial charge in [0, 0.05) is 13.1 Å². The van der Waals surface area contributed by atoms with Gasteiger partial charge in [-0.3, -0.25) is 14.4 Å². The number of hydrogen-bond donors (Lipinski definition) is 2. The molecular formula is C13H15BrN2O5. The van der Waals surface area contributed by atoms with E-state index in [0.29, 0.717) is 30.6 Å². The lowest BCUT2D eigenvalue weighted by Gasteiger charge is -2.30. The number of carboxylic acids is 1. The minimum Gasteiger partial charge on any atom is -0.481 e.